The van der Waals surface area contributed by atoms with Crippen LogP contribution in [0.5, 0.6) is 0 Å². The molecule has 1 amide bonds. The van der Waals surface area contributed by atoms with Gasteiger partial charge in [-0.3, -0.25) is 4.79 Å². The number of aromatic amines is 1. The van der Waals surface area contributed by atoms with Crippen molar-refractivity contribution in [1.82, 2.24) is 10.3 Å². The molecule has 2 rings (SSSR count). The number of H-pyrrole nitrogens is 1. The van der Waals surface area contributed by atoms with Crippen LogP contribution >= 0.6 is 15.9 Å². The van der Waals surface area contributed by atoms with Gasteiger partial charge in [-0.1, -0.05) is 34.1 Å². The van der Waals surface area contributed by atoms with E-state index in [0.29, 0.717) is 6.54 Å². The first kappa shape index (κ1) is 13.3. The summed E-state index contributed by atoms with van der Waals surface area (Å²) >= 11 is 3.38. The second kappa shape index (κ2) is 5.66. The van der Waals surface area contributed by atoms with Crippen LogP contribution in [0.25, 0.3) is 0 Å². The predicted octanol–water partition coefficient (Wildman–Crippen LogP) is 2.62. The van der Waals surface area contributed by atoms with Gasteiger partial charge >= 0.3 is 5.82 Å². The van der Waals surface area contributed by atoms with Gasteiger partial charge in [0.15, 0.2) is 5.69 Å². The fourth-order valence-corrected chi connectivity index (χ4v) is 1.96. The molecule has 6 nitrogen and oxygen atoms in total. The van der Waals surface area contributed by atoms with Gasteiger partial charge in [0.05, 0.1) is 0 Å². The van der Waals surface area contributed by atoms with Crippen LogP contribution in [0.4, 0.5) is 5.82 Å². The zero-order valence-corrected chi connectivity index (χ0v) is 11.3. The number of nitrogens with zero attached hydrogens (tertiary/aromatic N) is 1. The van der Waals surface area contributed by atoms with E-state index in [0.717, 1.165) is 10.0 Å². The maximum absolute atomic E-state index is 11.8. The van der Waals surface area contributed by atoms with Crippen LogP contribution in [0.3, 0.4) is 0 Å². The molecule has 0 radical (unpaired) electrons. The Labute approximate surface area is 117 Å². The molecule has 0 saturated carbocycles. The highest BCUT2D eigenvalue weighted by molar-refractivity contribution is 9.10. The van der Waals surface area contributed by atoms with Gasteiger partial charge in [0.25, 0.3) is 5.91 Å². The molecule has 2 N–H and O–H groups in total. The number of carbonyl (C=O) groups excluding carboxylic acids is 1. The summed E-state index contributed by atoms with van der Waals surface area (Å²) in [5.74, 6) is -0.588. The van der Waals surface area contributed by atoms with E-state index in [1.54, 1.807) is 0 Å². The Morgan fingerprint density at radius 3 is 2.68 bits per heavy atom. The number of benzene rings is 1. The minimum atomic E-state index is -0.579. The number of hydrogen-bond acceptors (Lipinski definition) is 3. The van der Waals surface area contributed by atoms with Gasteiger partial charge in [-0.05, 0) is 22.6 Å². The summed E-state index contributed by atoms with van der Waals surface area (Å²) in [4.78, 5) is 24.1. The third-order valence-electron chi connectivity index (χ3n) is 2.51. The van der Waals surface area contributed by atoms with Crippen LogP contribution in [0.2, 0.25) is 0 Å². The highest BCUT2D eigenvalue weighted by Gasteiger charge is 2.15. The Morgan fingerprint density at radius 2 is 2.05 bits per heavy atom. The first-order chi connectivity index (χ1) is 9.08. The molecule has 19 heavy (non-hydrogen) atoms. The maximum atomic E-state index is 11.8. The number of halogens is 1. The van der Waals surface area contributed by atoms with Crippen molar-refractivity contribution in [3.63, 3.8) is 0 Å². The number of aromatic nitrogens is 1. The number of rotatable bonds is 4. The van der Waals surface area contributed by atoms with E-state index >= 15 is 0 Å². The van der Waals surface area contributed by atoms with E-state index in [-0.39, 0.29) is 17.4 Å². The topological polar surface area (TPSA) is 88.0 Å². The maximum Gasteiger partial charge on any atom is 0.321 e. The molecule has 98 valence electrons. The molecule has 0 saturated heterocycles. The highest BCUT2D eigenvalue weighted by Crippen LogP contribution is 2.15. The summed E-state index contributed by atoms with van der Waals surface area (Å²) < 4.78 is 0.896. The van der Waals surface area contributed by atoms with Gasteiger partial charge in [0.2, 0.25) is 0 Å². The molecule has 1 heterocycles. The van der Waals surface area contributed by atoms with Crippen molar-refractivity contribution in [2.24, 2.45) is 0 Å². The standard InChI is InChI=1S/C12H10BrN3O3/c13-9-4-2-1-3-8(9)7-14-12(17)10-5-6-11(15-10)16(18)19/h1-6,15H,7H2,(H,14,17). The van der Waals surface area contributed by atoms with Crippen molar-refractivity contribution in [2.45, 2.75) is 6.54 Å². The van der Waals surface area contributed by atoms with E-state index in [1.165, 1.54) is 12.1 Å². The van der Waals surface area contributed by atoms with Gasteiger partial charge in [-0.2, -0.15) is 0 Å². The summed E-state index contributed by atoms with van der Waals surface area (Å²) in [6, 6.07) is 10.1. The van der Waals surface area contributed by atoms with Crippen molar-refractivity contribution in [3.05, 3.63) is 62.2 Å². The quantitative estimate of drug-likeness (QED) is 0.669. The molecule has 0 fully saturated rings. The Balaban J connectivity index is 2.01. The van der Waals surface area contributed by atoms with Crippen molar-refractivity contribution < 1.29 is 9.72 Å². The molecule has 0 unspecified atom stereocenters. The SMILES string of the molecule is O=C(NCc1ccccc1Br)c1ccc([N+](=O)[O-])[nH]1. The summed E-state index contributed by atoms with van der Waals surface area (Å²) in [7, 11) is 0. The summed E-state index contributed by atoms with van der Waals surface area (Å²) in [5, 5.41) is 13.2. The van der Waals surface area contributed by atoms with E-state index in [9.17, 15) is 14.9 Å². The molecular weight excluding hydrogens is 314 g/mol. The van der Waals surface area contributed by atoms with Gasteiger partial charge < -0.3 is 15.4 Å². The predicted molar refractivity (Wildman–Crippen MR) is 72.8 cm³/mol. The molecule has 0 aliphatic rings. The largest absolute Gasteiger partial charge is 0.358 e. The molecule has 0 spiro atoms. The van der Waals surface area contributed by atoms with Crippen LogP contribution in [0.15, 0.2) is 40.9 Å². The van der Waals surface area contributed by atoms with E-state index in [4.69, 9.17) is 0 Å². The summed E-state index contributed by atoms with van der Waals surface area (Å²) in [6.45, 7) is 0.340. The highest BCUT2D eigenvalue weighted by atomic mass is 79.9. The Hall–Kier alpha value is -2.15. The third-order valence-corrected chi connectivity index (χ3v) is 3.28. The van der Waals surface area contributed by atoms with Crippen molar-refractivity contribution in [1.29, 1.82) is 0 Å². The van der Waals surface area contributed by atoms with Crippen LogP contribution in [-0.2, 0) is 6.54 Å². The number of hydrogen-bond donors (Lipinski definition) is 2. The number of amides is 1. The van der Waals surface area contributed by atoms with Crippen LogP contribution in [0, 0.1) is 10.1 Å². The van der Waals surface area contributed by atoms with E-state index in [2.05, 4.69) is 26.2 Å². The molecule has 2 aromatic rings. The van der Waals surface area contributed by atoms with Crippen LogP contribution in [0.1, 0.15) is 16.1 Å². The Bertz CT molecular complexity index is 624. The third kappa shape index (κ3) is 3.19. The monoisotopic (exact) mass is 323 g/mol. The molecule has 7 heteroatoms. The zero-order valence-electron chi connectivity index (χ0n) is 9.72. The molecule has 1 aromatic carbocycles. The van der Waals surface area contributed by atoms with Gasteiger partial charge in [0, 0.05) is 17.1 Å². The van der Waals surface area contributed by atoms with Gasteiger partial charge in [-0.15, -0.1) is 0 Å². The average Bonchev–Trinajstić information content (AvgIpc) is 2.87. The van der Waals surface area contributed by atoms with E-state index < -0.39 is 4.92 Å². The minimum absolute atomic E-state index is 0.166. The lowest BCUT2D eigenvalue weighted by atomic mass is 10.2. The minimum Gasteiger partial charge on any atom is -0.358 e. The molecule has 0 bridgehead atoms. The molecular formula is C12H10BrN3O3. The normalized spacial score (nSPS) is 10.2. The molecule has 0 atom stereocenters. The van der Waals surface area contributed by atoms with Crippen molar-refractivity contribution >= 4 is 27.7 Å². The van der Waals surface area contributed by atoms with Crippen molar-refractivity contribution in [3.8, 4) is 0 Å². The lowest BCUT2D eigenvalue weighted by molar-refractivity contribution is -0.389. The van der Waals surface area contributed by atoms with Gasteiger partial charge in [-0.25, -0.2) is 4.98 Å². The van der Waals surface area contributed by atoms with Crippen LogP contribution < -0.4 is 5.32 Å². The Morgan fingerprint density at radius 1 is 1.32 bits per heavy atom. The Kier molecular flexibility index (Phi) is 3.96. The second-order valence-corrected chi connectivity index (χ2v) is 4.64. The summed E-state index contributed by atoms with van der Waals surface area (Å²) in [5.41, 5.74) is 1.09. The molecule has 1 aromatic heterocycles. The number of carbonyl (C=O) groups is 1. The van der Waals surface area contributed by atoms with Gasteiger partial charge in [0.1, 0.15) is 0 Å². The first-order valence-electron chi connectivity index (χ1n) is 5.43. The van der Waals surface area contributed by atoms with E-state index in [1.807, 2.05) is 24.3 Å². The lowest BCUT2D eigenvalue weighted by Crippen LogP contribution is -2.23. The fourth-order valence-electron chi connectivity index (χ4n) is 1.54. The molecule has 0 aliphatic heterocycles. The number of nitrogens with one attached hydrogen (secondary N) is 2. The zero-order chi connectivity index (χ0) is 13.8. The van der Waals surface area contributed by atoms with Crippen LogP contribution in [-0.4, -0.2) is 15.8 Å². The fraction of sp³-hybridized carbons (Fsp3) is 0.0833. The smallest absolute Gasteiger partial charge is 0.321 e. The summed E-state index contributed by atoms with van der Waals surface area (Å²) in [6.07, 6.45) is 0. The van der Waals surface area contributed by atoms with Crippen molar-refractivity contribution in [2.75, 3.05) is 0 Å². The lowest BCUT2D eigenvalue weighted by Gasteiger charge is -2.04. The first-order valence-corrected chi connectivity index (χ1v) is 6.22. The molecule has 0 aliphatic carbocycles. The number of nitro groups is 1. The average molecular weight is 324 g/mol. The second-order valence-electron chi connectivity index (χ2n) is 3.79.